The topological polar surface area (TPSA) is 46.2 Å². The van der Waals surface area contributed by atoms with Gasteiger partial charge in [-0.15, -0.1) is 0 Å². The molecule has 6 heteroatoms. The maximum absolute atomic E-state index is 6.20. The Morgan fingerprint density at radius 3 is 2.03 bits per heavy atom. The van der Waals surface area contributed by atoms with Crippen molar-refractivity contribution in [3.05, 3.63) is 58.7 Å². The summed E-state index contributed by atoms with van der Waals surface area (Å²) in [5.74, 6) is 1.63. The lowest BCUT2D eigenvalue weighted by Crippen LogP contribution is -2.41. The van der Waals surface area contributed by atoms with Crippen LogP contribution in [0.1, 0.15) is 42.5 Å². The molecule has 0 amide bonds. The quantitative estimate of drug-likeness (QED) is 0.599. The lowest BCUT2D eigenvalue weighted by molar-refractivity contribution is -0.233. The van der Waals surface area contributed by atoms with Gasteiger partial charge in [0.05, 0.1) is 19.8 Å². The lowest BCUT2D eigenvalue weighted by atomic mass is 9.94. The first kappa shape index (κ1) is 20.6. The Morgan fingerprint density at radius 2 is 1.48 bits per heavy atom. The normalized spacial score (nSPS) is 18.1. The SMILES string of the molecule is Cc1ccc2c(c1)Cc1cc(C)ccc1OP(OCC(C)(C)C1OCCCO1)O2. The first-order valence-corrected chi connectivity index (χ1v) is 11.2. The summed E-state index contributed by atoms with van der Waals surface area (Å²) in [6, 6.07) is 12.5. The fourth-order valence-corrected chi connectivity index (χ4v) is 4.79. The van der Waals surface area contributed by atoms with Crippen molar-refractivity contribution in [2.45, 2.75) is 46.8 Å². The number of ether oxygens (including phenoxy) is 2. The van der Waals surface area contributed by atoms with Crippen molar-refractivity contribution in [3.8, 4) is 11.5 Å². The van der Waals surface area contributed by atoms with Crippen LogP contribution in [0, 0.1) is 19.3 Å². The first-order valence-electron chi connectivity index (χ1n) is 10.1. The Labute approximate surface area is 174 Å². The van der Waals surface area contributed by atoms with Crippen molar-refractivity contribution < 1.29 is 23.0 Å². The zero-order valence-corrected chi connectivity index (χ0v) is 18.5. The molecule has 156 valence electrons. The van der Waals surface area contributed by atoms with Gasteiger partial charge < -0.3 is 18.5 Å². The molecule has 0 atom stereocenters. The van der Waals surface area contributed by atoms with Gasteiger partial charge in [-0.2, -0.15) is 0 Å². The van der Waals surface area contributed by atoms with Crippen LogP contribution in [0.25, 0.3) is 0 Å². The van der Waals surface area contributed by atoms with Crippen molar-refractivity contribution in [1.29, 1.82) is 0 Å². The molecule has 5 nitrogen and oxygen atoms in total. The number of hydrogen-bond acceptors (Lipinski definition) is 5. The Balaban J connectivity index is 1.56. The highest BCUT2D eigenvalue weighted by Gasteiger charge is 2.36. The third kappa shape index (κ3) is 4.92. The Bertz CT molecular complexity index is 807. The maximum atomic E-state index is 6.20. The highest BCUT2D eigenvalue weighted by atomic mass is 31.2. The molecule has 0 bridgehead atoms. The largest absolute Gasteiger partial charge is 0.463 e. The van der Waals surface area contributed by atoms with Crippen LogP contribution >= 0.6 is 8.60 Å². The third-order valence-electron chi connectivity index (χ3n) is 5.17. The Hall–Kier alpha value is -1.65. The maximum Gasteiger partial charge on any atom is 0.463 e. The third-order valence-corrected chi connectivity index (χ3v) is 6.20. The second-order valence-electron chi connectivity index (χ2n) is 8.49. The molecule has 0 aromatic heterocycles. The van der Waals surface area contributed by atoms with Crippen LogP contribution in [0.15, 0.2) is 36.4 Å². The summed E-state index contributed by atoms with van der Waals surface area (Å²) in [7, 11) is -1.60. The number of benzene rings is 2. The lowest BCUT2D eigenvalue weighted by Gasteiger charge is -2.36. The number of hydrogen-bond donors (Lipinski definition) is 0. The van der Waals surface area contributed by atoms with Gasteiger partial charge in [0, 0.05) is 11.8 Å². The predicted molar refractivity (Wildman–Crippen MR) is 113 cm³/mol. The number of rotatable bonds is 4. The Kier molecular flexibility index (Phi) is 6.12. The van der Waals surface area contributed by atoms with Crippen molar-refractivity contribution in [3.63, 3.8) is 0 Å². The van der Waals surface area contributed by atoms with Crippen LogP contribution in [0.4, 0.5) is 0 Å². The van der Waals surface area contributed by atoms with Crippen molar-refractivity contribution in [1.82, 2.24) is 0 Å². The molecule has 0 saturated carbocycles. The van der Waals surface area contributed by atoms with Gasteiger partial charge in [0.25, 0.3) is 0 Å². The molecule has 2 aromatic carbocycles. The minimum absolute atomic E-state index is 0.286. The van der Waals surface area contributed by atoms with E-state index in [-0.39, 0.29) is 11.7 Å². The van der Waals surface area contributed by atoms with E-state index in [1.165, 1.54) is 11.1 Å². The molecule has 4 rings (SSSR count). The van der Waals surface area contributed by atoms with E-state index in [1.54, 1.807) is 0 Å². The van der Waals surface area contributed by atoms with E-state index in [9.17, 15) is 0 Å². The van der Waals surface area contributed by atoms with Crippen LogP contribution in [0.3, 0.4) is 0 Å². The van der Waals surface area contributed by atoms with Crippen LogP contribution in [-0.4, -0.2) is 26.1 Å². The second-order valence-corrected chi connectivity index (χ2v) is 9.56. The van der Waals surface area contributed by atoms with Gasteiger partial charge in [0.1, 0.15) is 11.5 Å². The number of fused-ring (bicyclic) bond motifs is 2. The van der Waals surface area contributed by atoms with Gasteiger partial charge in [-0.05, 0) is 43.5 Å². The molecule has 0 unspecified atom stereocenters. The average molecular weight is 416 g/mol. The van der Waals surface area contributed by atoms with Crippen LogP contribution < -0.4 is 9.05 Å². The summed E-state index contributed by atoms with van der Waals surface area (Å²) < 4.78 is 30.2. The molecule has 1 fully saturated rings. The molecule has 2 aliphatic heterocycles. The average Bonchev–Trinajstić information content (AvgIpc) is 2.69. The summed E-state index contributed by atoms with van der Waals surface area (Å²) in [6.07, 6.45) is 1.41. The van der Waals surface area contributed by atoms with Crippen LogP contribution in [0.5, 0.6) is 11.5 Å². The molecule has 2 aromatic rings. The number of aryl methyl sites for hydroxylation is 2. The minimum Gasteiger partial charge on any atom is -0.417 e. The molecular weight excluding hydrogens is 387 g/mol. The van der Waals surface area contributed by atoms with Gasteiger partial charge in [0.2, 0.25) is 0 Å². The minimum atomic E-state index is -1.60. The van der Waals surface area contributed by atoms with Crippen molar-refractivity contribution >= 4 is 8.60 Å². The van der Waals surface area contributed by atoms with E-state index in [0.29, 0.717) is 6.61 Å². The van der Waals surface area contributed by atoms with Gasteiger partial charge in [-0.3, -0.25) is 4.52 Å². The van der Waals surface area contributed by atoms with Crippen LogP contribution in [0.2, 0.25) is 0 Å². The molecule has 1 saturated heterocycles. The summed E-state index contributed by atoms with van der Waals surface area (Å²) in [6.45, 7) is 10.2. The summed E-state index contributed by atoms with van der Waals surface area (Å²) in [5, 5.41) is 0. The molecule has 0 radical (unpaired) electrons. The fourth-order valence-electron chi connectivity index (χ4n) is 3.53. The van der Waals surface area contributed by atoms with Crippen LogP contribution in [-0.2, 0) is 20.4 Å². The van der Waals surface area contributed by atoms with Gasteiger partial charge in [0.15, 0.2) is 6.29 Å². The van der Waals surface area contributed by atoms with Gasteiger partial charge in [-0.1, -0.05) is 49.2 Å². The molecule has 2 aliphatic rings. The van der Waals surface area contributed by atoms with E-state index >= 15 is 0 Å². The molecule has 0 spiro atoms. The molecule has 2 heterocycles. The Morgan fingerprint density at radius 1 is 0.931 bits per heavy atom. The summed E-state index contributed by atoms with van der Waals surface area (Å²) >= 11 is 0. The molecular formula is C23H29O5P. The van der Waals surface area contributed by atoms with E-state index in [0.717, 1.165) is 48.7 Å². The smallest absolute Gasteiger partial charge is 0.417 e. The van der Waals surface area contributed by atoms with E-state index in [2.05, 4.69) is 52.0 Å². The fraction of sp³-hybridized carbons (Fsp3) is 0.478. The van der Waals surface area contributed by atoms with Crippen molar-refractivity contribution in [2.24, 2.45) is 5.41 Å². The van der Waals surface area contributed by atoms with Gasteiger partial charge >= 0.3 is 8.60 Å². The summed E-state index contributed by atoms with van der Waals surface area (Å²) in [5.41, 5.74) is 4.40. The molecule has 29 heavy (non-hydrogen) atoms. The van der Waals surface area contributed by atoms with Gasteiger partial charge in [-0.25, -0.2) is 0 Å². The zero-order chi connectivity index (χ0) is 20.4. The van der Waals surface area contributed by atoms with Crippen molar-refractivity contribution in [2.75, 3.05) is 19.8 Å². The van der Waals surface area contributed by atoms with E-state index in [4.69, 9.17) is 23.0 Å². The summed E-state index contributed by atoms with van der Waals surface area (Å²) in [4.78, 5) is 0. The van der Waals surface area contributed by atoms with E-state index in [1.807, 2.05) is 12.1 Å². The monoisotopic (exact) mass is 416 g/mol. The van der Waals surface area contributed by atoms with E-state index < -0.39 is 8.60 Å². The standard InChI is InChI=1S/C23H29O5P/c1-16-6-8-20-18(12-16)14-19-13-17(2)7-9-21(19)28-29(27-20)26-15-23(3,4)22-24-10-5-11-25-22/h6-9,12-13,22H,5,10-11,14-15H2,1-4H3. The molecule has 0 aliphatic carbocycles. The highest BCUT2D eigenvalue weighted by molar-refractivity contribution is 7.42. The second kappa shape index (κ2) is 8.61. The zero-order valence-electron chi connectivity index (χ0n) is 17.6. The first-order chi connectivity index (χ1) is 13.9. The predicted octanol–water partition coefficient (Wildman–Crippen LogP) is 5.70. The molecule has 0 N–H and O–H groups in total. The highest BCUT2D eigenvalue weighted by Crippen LogP contribution is 2.48.